The summed E-state index contributed by atoms with van der Waals surface area (Å²) in [5.74, 6) is 3.10. The van der Waals surface area contributed by atoms with E-state index in [0.717, 1.165) is 48.6 Å². The zero-order valence-corrected chi connectivity index (χ0v) is 13.7. The second kappa shape index (κ2) is 5.36. The lowest BCUT2D eigenvalue weighted by molar-refractivity contribution is -0.0667. The fourth-order valence-electron chi connectivity index (χ4n) is 6.73. The van der Waals surface area contributed by atoms with Crippen LogP contribution in [0.2, 0.25) is 0 Å². The first-order valence-corrected chi connectivity index (χ1v) is 9.29. The van der Waals surface area contributed by atoms with Gasteiger partial charge in [-0.05, 0) is 93.0 Å². The number of allylic oxidation sites excluding steroid dienone is 2. The van der Waals surface area contributed by atoms with E-state index in [1.54, 1.807) is 5.57 Å². The minimum atomic E-state index is -0.0557. The maximum atomic E-state index is 10.6. The zero-order chi connectivity index (χ0) is 15.3. The third-order valence-electron chi connectivity index (χ3n) is 7.77. The Morgan fingerprint density at radius 2 is 2.00 bits per heavy atom. The van der Waals surface area contributed by atoms with Gasteiger partial charge in [-0.3, -0.25) is 0 Å². The summed E-state index contributed by atoms with van der Waals surface area (Å²) in [4.78, 5) is 0. The predicted molar refractivity (Wildman–Crippen MR) is 86.9 cm³/mol. The molecule has 122 valence electrons. The van der Waals surface area contributed by atoms with Crippen molar-refractivity contribution in [3.63, 3.8) is 0 Å². The number of oxime groups is 1. The molecule has 0 aromatic rings. The number of aliphatic hydroxyl groups is 1. The number of nitrogens with zero attached hydrogens (tertiary/aromatic N) is 1. The van der Waals surface area contributed by atoms with Gasteiger partial charge in [-0.15, -0.1) is 0 Å². The molecule has 4 aliphatic rings. The highest BCUT2D eigenvalue weighted by atomic mass is 16.4. The second-order valence-corrected chi connectivity index (χ2v) is 8.15. The summed E-state index contributed by atoms with van der Waals surface area (Å²) in [5, 5.41) is 23.1. The molecule has 0 radical (unpaired) electrons. The van der Waals surface area contributed by atoms with Crippen LogP contribution in [0.3, 0.4) is 0 Å². The van der Waals surface area contributed by atoms with Crippen LogP contribution in [0.15, 0.2) is 16.8 Å². The van der Waals surface area contributed by atoms with Crippen LogP contribution in [-0.2, 0) is 0 Å². The quantitative estimate of drug-likeness (QED) is 0.565. The van der Waals surface area contributed by atoms with Crippen LogP contribution in [0.5, 0.6) is 0 Å². The van der Waals surface area contributed by atoms with Crippen molar-refractivity contribution in [3.8, 4) is 0 Å². The molecule has 4 aliphatic carbocycles. The molecule has 2 N–H and O–H groups in total. The van der Waals surface area contributed by atoms with Gasteiger partial charge in [0.1, 0.15) is 0 Å². The first kappa shape index (κ1) is 14.7. The summed E-state index contributed by atoms with van der Waals surface area (Å²) in [5.41, 5.74) is 2.65. The number of aliphatic hydroxyl groups excluding tert-OH is 1. The fraction of sp³-hybridized carbons (Fsp3) is 0.842. The molecule has 0 amide bonds. The molecule has 0 aromatic carbocycles. The summed E-state index contributed by atoms with van der Waals surface area (Å²) in [6.45, 7) is 2.29. The summed E-state index contributed by atoms with van der Waals surface area (Å²) in [6.07, 6.45) is 12.6. The number of fused-ring (bicyclic) bond motifs is 5. The Morgan fingerprint density at radius 3 is 2.77 bits per heavy atom. The Labute approximate surface area is 133 Å². The Kier molecular flexibility index (Phi) is 3.60. The standard InChI is InChI=1S/C19H29NO2/c1-2-19-10-9-15-14-6-4-13(20-22)11-12(14)3-5-16(15)17(19)7-8-18(19)21/h11,14-18,21-22H,2-10H2,1H3/b20-13-/t14-,15+,16+,17-,18-,19-/m0/s1. The topological polar surface area (TPSA) is 52.8 Å². The molecule has 0 aromatic heterocycles. The number of rotatable bonds is 1. The van der Waals surface area contributed by atoms with E-state index in [9.17, 15) is 5.11 Å². The van der Waals surface area contributed by atoms with E-state index >= 15 is 0 Å². The van der Waals surface area contributed by atoms with Crippen molar-refractivity contribution in [3.05, 3.63) is 11.6 Å². The van der Waals surface area contributed by atoms with Crippen LogP contribution in [0.25, 0.3) is 0 Å². The third-order valence-corrected chi connectivity index (χ3v) is 7.77. The molecular formula is C19H29NO2. The van der Waals surface area contributed by atoms with Gasteiger partial charge >= 0.3 is 0 Å². The second-order valence-electron chi connectivity index (χ2n) is 8.15. The van der Waals surface area contributed by atoms with E-state index in [1.165, 1.54) is 38.5 Å². The summed E-state index contributed by atoms with van der Waals surface area (Å²) < 4.78 is 0. The Bertz CT molecular complexity index is 512. The van der Waals surface area contributed by atoms with Crippen LogP contribution in [-0.4, -0.2) is 22.1 Å². The maximum absolute atomic E-state index is 10.6. The van der Waals surface area contributed by atoms with Crippen LogP contribution in [0.4, 0.5) is 0 Å². The van der Waals surface area contributed by atoms with Gasteiger partial charge in [0.15, 0.2) is 0 Å². The van der Waals surface area contributed by atoms with Gasteiger partial charge in [-0.2, -0.15) is 0 Å². The molecular weight excluding hydrogens is 274 g/mol. The van der Waals surface area contributed by atoms with E-state index < -0.39 is 0 Å². The van der Waals surface area contributed by atoms with Gasteiger partial charge in [-0.25, -0.2) is 0 Å². The minimum Gasteiger partial charge on any atom is -0.411 e. The molecule has 0 heterocycles. The van der Waals surface area contributed by atoms with Crippen molar-refractivity contribution in [2.75, 3.05) is 0 Å². The Morgan fingerprint density at radius 1 is 1.14 bits per heavy atom. The lowest BCUT2D eigenvalue weighted by Gasteiger charge is -2.54. The SMILES string of the molecule is CC[C@]12CC[C@H]3[C@@H](CCC4=C/C(=N\O)CC[C@@H]43)[C@@H]1CC[C@@H]2O. The average molecular weight is 303 g/mol. The highest BCUT2D eigenvalue weighted by molar-refractivity contribution is 5.96. The number of hydrogen-bond donors (Lipinski definition) is 2. The van der Waals surface area contributed by atoms with Crippen molar-refractivity contribution in [2.24, 2.45) is 34.2 Å². The fourth-order valence-corrected chi connectivity index (χ4v) is 6.73. The van der Waals surface area contributed by atoms with Crippen molar-refractivity contribution in [1.82, 2.24) is 0 Å². The van der Waals surface area contributed by atoms with Gasteiger partial charge in [0.05, 0.1) is 11.8 Å². The van der Waals surface area contributed by atoms with Crippen molar-refractivity contribution in [1.29, 1.82) is 0 Å². The number of hydrogen-bond acceptors (Lipinski definition) is 3. The normalized spacial score (nSPS) is 49.3. The molecule has 3 nitrogen and oxygen atoms in total. The van der Waals surface area contributed by atoms with Crippen LogP contribution in [0, 0.1) is 29.1 Å². The van der Waals surface area contributed by atoms with Crippen LogP contribution >= 0.6 is 0 Å². The maximum Gasteiger partial charge on any atom is 0.0795 e. The van der Waals surface area contributed by atoms with Crippen LogP contribution in [0.1, 0.15) is 64.7 Å². The average Bonchev–Trinajstić information content (AvgIpc) is 2.91. The molecule has 22 heavy (non-hydrogen) atoms. The van der Waals surface area contributed by atoms with E-state index in [-0.39, 0.29) is 11.5 Å². The molecule has 3 fully saturated rings. The summed E-state index contributed by atoms with van der Waals surface area (Å²) in [7, 11) is 0. The lowest BCUT2D eigenvalue weighted by Crippen LogP contribution is -2.48. The predicted octanol–water partition coefficient (Wildman–Crippen LogP) is 4.14. The Hall–Kier alpha value is -0.830. The van der Waals surface area contributed by atoms with Crippen LogP contribution < -0.4 is 0 Å². The summed E-state index contributed by atoms with van der Waals surface area (Å²) in [6, 6.07) is 0. The first-order valence-electron chi connectivity index (χ1n) is 9.29. The highest BCUT2D eigenvalue weighted by Crippen LogP contribution is 2.63. The molecule has 3 saturated carbocycles. The van der Waals surface area contributed by atoms with Gasteiger partial charge in [0.2, 0.25) is 0 Å². The van der Waals surface area contributed by atoms with Gasteiger partial charge < -0.3 is 10.3 Å². The van der Waals surface area contributed by atoms with Gasteiger partial charge in [-0.1, -0.05) is 17.7 Å². The molecule has 4 rings (SSSR count). The first-order chi connectivity index (χ1) is 10.7. The highest BCUT2D eigenvalue weighted by Gasteiger charge is 2.57. The lowest BCUT2D eigenvalue weighted by atomic mass is 9.51. The molecule has 0 saturated heterocycles. The van der Waals surface area contributed by atoms with Crippen molar-refractivity contribution < 1.29 is 10.3 Å². The zero-order valence-electron chi connectivity index (χ0n) is 13.7. The monoisotopic (exact) mass is 303 g/mol. The van der Waals surface area contributed by atoms with E-state index in [1.807, 2.05) is 0 Å². The molecule has 0 aliphatic heterocycles. The smallest absolute Gasteiger partial charge is 0.0795 e. The summed E-state index contributed by atoms with van der Waals surface area (Å²) >= 11 is 0. The van der Waals surface area contributed by atoms with Gasteiger partial charge in [0, 0.05) is 0 Å². The van der Waals surface area contributed by atoms with Gasteiger partial charge in [0.25, 0.3) is 0 Å². The van der Waals surface area contributed by atoms with Crippen molar-refractivity contribution >= 4 is 5.71 Å². The van der Waals surface area contributed by atoms with Crippen molar-refractivity contribution in [2.45, 2.75) is 70.8 Å². The van der Waals surface area contributed by atoms with E-state index in [4.69, 9.17) is 5.21 Å². The third kappa shape index (κ3) is 1.94. The molecule has 0 spiro atoms. The molecule has 0 bridgehead atoms. The Balaban J connectivity index is 1.62. The largest absolute Gasteiger partial charge is 0.411 e. The minimum absolute atomic E-state index is 0.0557. The molecule has 6 atom stereocenters. The van der Waals surface area contributed by atoms with E-state index in [0.29, 0.717) is 0 Å². The molecule has 3 heteroatoms. The van der Waals surface area contributed by atoms with E-state index in [2.05, 4.69) is 18.2 Å². The molecule has 0 unspecified atom stereocenters.